The van der Waals surface area contributed by atoms with Gasteiger partial charge in [0.25, 0.3) is 0 Å². The summed E-state index contributed by atoms with van der Waals surface area (Å²) >= 11 is 3.48. The van der Waals surface area contributed by atoms with Crippen LogP contribution in [0.15, 0.2) is 58.0 Å². The Balaban J connectivity index is 1.89. The molecule has 1 heterocycles. The molecule has 2 aromatic carbocycles. The predicted molar refractivity (Wildman–Crippen MR) is 83.8 cm³/mol. The molecule has 2 aromatic rings. The molecular formula is C17H16BrN. The van der Waals surface area contributed by atoms with Gasteiger partial charge < -0.3 is 0 Å². The van der Waals surface area contributed by atoms with E-state index in [0.29, 0.717) is 6.04 Å². The van der Waals surface area contributed by atoms with Gasteiger partial charge in [0, 0.05) is 10.2 Å². The number of halogens is 1. The summed E-state index contributed by atoms with van der Waals surface area (Å²) in [6.45, 7) is 2.16. The van der Waals surface area contributed by atoms with E-state index in [2.05, 4.69) is 71.4 Å². The molecule has 1 atom stereocenters. The monoisotopic (exact) mass is 313 g/mol. The van der Waals surface area contributed by atoms with Crippen molar-refractivity contribution in [2.45, 2.75) is 25.8 Å². The summed E-state index contributed by atoms with van der Waals surface area (Å²) in [7, 11) is 0. The van der Waals surface area contributed by atoms with Crippen LogP contribution >= 0.6 is 15.9 Å². The number of nitrogens with zero attached hydrogens (tertiary/aromatic N) is 1. The Morgan fingerprint density at radius 1 is 1.05 bits per heavy atom. The number of aryl methyl sites for hydroxylation is 1. The fourth-order valence-electron chi connectivity index (χ4n) is 2.62. The summed E-state index contributed by atoms with van der Waals surface area (Å²) in [6, 6.07) is 17.4. The highest BCUT2D eigenvalue weighted by Crippen LogP contribution is 2.32. The maximum Gasteiger partial charge on any atom is 0.0756 e. The molecule has 1 nitrogen and oxygen atoms in total. The van der Waals surface area contributed by atoms with E-state index in [4.69, 9.17) is 4.99 Å². The van der Waals surface area contributed by atoms with Gasteiger partial charge in [-0.05, 0) is 48.6 Å². The summed E-state index contributed by atoms with van der Waals surface area (Å²) in [5.41, 5.74) is 5.19. The van der Waals surface area contributed by atoms with Crippen molar-refractivity contribution in [1.29, 1.82) is 0 Å². The minimum atomic E-state index is 0.322. The molecule has 0 saturated heterocycles. The minimum Gasteiger partial charge on any atom is -0.281 e. The van der Waals surface area contributed by atoms with E-state index in [1.54, 1.807) is 0 Å². The average Bonchev–Trinajstić information content (AvgIpc) is 2.89. The zero-order chi connectivity index (χ0) is 13.2. The lowest BCUT2D eigenvalue weighted by Crippen LogP contribution is -1.98. The molecule has 0 aliphatic carbocycles. The lowest BCUT2D eigenvalue weighted by atomic mass is 10.0. The van der Waals surface area contributed by atoms with Gasteiger partial charge >= 0.3 is 0 Å². The van der Waals surface area contributed by atoms with Gasteiger partial charge in [-0.3, -0.25) is 4.99 Å². The summed E-state index contributed by atoms with van der Waals surface area (Å²) in [4.78, 5) is 4.92. The number of hydrogen-bond donors (Lipinski definition) is 0. The summed E-state index contributed by atoms with van der Waals surface area (Å²) in [5, 5.41) is 0. The van der Waals surface area contributed by atoms with Crippen molar-refractivity contribution in [3.05, 3.63) is 69.7 Å². The van der Waals surface area contributed by atoms with Crippen LogP contribution in [0.1, 0.15) is 35.6 Å². The van der Waals surface area contributed by atoms with Crippen molar-refractivity contribution in [3.8, 4) is 0 Å². The molecule has 96 valence electrons. The van der Waals surface area contributed by atoms with Crippen molar-refractivity contribution < 1.29 is 0 Å². The number of benzene rings is 2. The Kier molecular flexibility index (Phi) is 3.52. The van der Waals surface area contributed by atoms with E-state index < -0.39 is 0 Å². The first kappa shape index (κ1) is 12.6. The summed E-state index contributed by atoms with van der Waals surface area (Å²) < 4.78 is 1.12. The van der Waals surface area contributed by atoms with Crippen molar-refractivity contribution in [2.24, 2.45) is 4.99 Å². The second-order valence-electron chi connectivity index (χ2n) is 5.00. The maximum atomic E-state index is 4.92. The van der Waals surface area contributed by atoms with Crippen LogP contribution in [0.2, 0.25) is 0 Å². The molecule has 3 rings (SSSR count). The highest BCUT2D eigenvalue weighted by Gasteiger charge is 2.20. The van der Waals surface area contributed by atoms with Crippen molar-refractivity contribution in [1.82, 2.24) is 0 Å². The van der Waals surface area contributed by atoms with E-state index in [-0.39, 0.29) is 0 Å². The molecule has 0 N–H and O–H groups in total. The van der Waals surface area contributed by atoms with E-state index in [0.717, 1.165) is 17.3 Å². The van der Waals surface area contributed by atoms with Gasteiger partial charge in [0.05, 0.1) is 6.04 Å². The topological polar surface area (TPSA) is 12.4 Å². The molecule has 19 heavy (non-hydrogen) atoms. The van der Waals surface area contributed by atoms with Crippen LogP contribution in [-0.4, -0.2) is 5.71 Å². The van der Waals surface area contributed by atoms with Crippen LogP contribution in [0.5, 0.6) is 0 Å². The van der Waals surface area contributed by atoms with Crippen molar-refractivity contribution in [3.63, 3.8) is 0 Å². The fraction of sp³-hybridized carbons (Fsp3) is 0.235. The van der Waals surface area contributed by atoms with E-state index in [1.165, 1.54) is 22.4 Å². The zero-order valence-electron chi connectivity index (χ0n) is 10.9. The second-order valence-corrected chi connectivity index (χ2v) is 5.91. The third-order valence-corrected chi connectivity index (χ3v) is 4.21. The lowest BCUT2D eigenvalue weighted by molar-refractivity contribution is 0.723. The van der Waals surface area contributed by atoms with E-state index in [9.17, 15) is 0 Å². The van der Waals surface area contributed by atoms with Crippen LogP contribution in [-0.2, 0) is 0 Å². The zero-order valence-corrected chi connectivity index (χ0v) is 12.5. The van der Waals surface area contributed by atoms with Crippen LogP contribution in [0, 0.1) is 6.92 Å². The second kappa shape index (κ2) is 5.30. The highest BCUT2D eigenvalue weighted by molar-refractivity contribution is 9.10. The largest absolute Gasteiger partial charge is 0.281 e. The molecule has 2 heteroatoms. The van der Waals surface area contributed by atoms with E-state index in [1.807, 2.05) is 0 Å². The van der Waals surface area contributed by atoms with E-state index >= 15 is 0 Å². The molecule has 0 fully saturated rings. The lowest BCUT2D eigenvalue weighted by Gasteiger charge is -2.06. The SMILES string of the molecule is Cc1ccccc1C1=NC(c2ccc(Br)cc2)CC1. The predicted octanol–water partition coefficient (Wildman–Crippen LogP) is 5.08. The first-order valence-electron chi connectivity index (χ1n) is 6.62. The Morgan fingerprint density at radius 3 is 2.53 bits per heavy atom. The molecule has 0 spiro atoms. The third kappa shape index (κ3) is 2.64. The maximum absolute atomic E-state index is 4.92. The first-order valence-corrected chi connectivity index (χ1v) is 7.41. The number of rotatable bonds is 2. The van der Waals surface area contributed by atoms with Crippen LogP contribution in [0.25, 0.3) is 0 Å². The normalized spacial score (nSPS) is 18.4. The molecular weight excluding hydrogens is 298 g/mol. The van der Waals surface area contributed by atoms with Gasteiger partial charge in [0.15, 0.2) is 0 Å². The molecule has 0 bridgehead atoms. The molecule has 1 aliphatic rings. The van der Waals surface area contributed by atoms with Crippen LogP contribution < -0.4 is 0 Å². The molecule has 0 radical (unpaired) electrons. The highest BCUT2D eigenvalue weighted by atomic mass is 79.9. The molecule has 0 amide bonds. The van der Waals surface area contributed by atoms with Gasteiger partial charge in [0.1, 0.15) is 0 Å². The minimum absolute atomic E-state index is 0.322. The quantitative estimate of drug-likeness (QED) is 0.733. The van der Waals surface area contributed by atoms with Crippen molar-refractivity contribution in [2.75, 3.05) is 0 Å². The van der Waals surface area contributed by atoms with Gasteiger partial charge in [-0.1, -0.05) is 52.3 Å². The summed E-state index contributed by atoms with van der Waals surface area (Å²) in [5.74, 6) is 0. The fourth-order valence-corrected chi connectivity index (χ4v) is 2.88. The number of hydrogen-bond acceptors (Lipinski definition) is 1. The molecule has 0 aromatic heterocycles. The smallest absolute Gasteiger partial charge is 0.0756 e. The van der Waals surface area contributed by atoms with Crippen LogP contribution in [0.4, 0.5) is 0 Å². The number of aliphatic imine (C=N–C) groups is 1. The molecule has 1 aliphatic heterocycles. The van der Waals surface area contributed by atoms with Gasteiger partial charge in [-0.2, -0.15) is 0 Å². The standard InChI is InChI=1S/C17H16BrN/c1-12-4-2-3-5-15(12)17-11-10-16(19-17)13-6-8-14(18)9-7-13/h2-9,16H,10-11H2,1H3. The Hall–Kier alpha value is -1.41. The van der Waals surface area contributed by atoms with Gasteiger partial charge in [0.2, 0.25) is 0 Å². The first-order chi connectivity index (χ1) is 9.24. The molecule has 0 saturated carbocycles. The summed E-state index contributed by atoms with van der Waals surface area (Å²) in [6.07, 6.45) is 2.19. The van der Waals surface area contributed by atoms with Crippen molar-refractivity contribution >= 4 is 21.6 Å². The Bertz CT molecular complexity index is 613. The Morgan fingerprint density at radius 2 is 1.79 bits per heavy atom. The Labute approximate surface area is 122 Å². The third-order valence-electron chi connectivity index (χ3n) is 3.68. The molecule has 1 unspecified atom stereocenters. The van der Waals surface area contributed by atoms with Crippen LogP contribution in [0.3, 0.4) is 0 Å². The average molecular weight is 314 g/mol. The van der Waals surface area contributed by atoms with Gasteiger partial charge in [-0.25, -0.2) is 0 Å². The van der Waals surface area contributed by atoms with Gasteiger partial charge in [-0.15, -0.1) is 0 Å².